The lowest BCUT2D eigenvalue weighted by molar-refractivity contribution is -0.870. The first-order valence-corrected chi connectivity index (χ1v) is 26.0. The highest BCUT2D eigenvalue weighted by atomic mass is 31.2. The molecule has 8 nitrogen and oxygen atoms in total. The number of unbranched alkanes of at least 4 members (excludes halogenated alkanes) is 21. The van der Waals surface area contributed by atoms with Crippen molar-refractivity contribution in [1.29, 1.82) is 0 Å². The summed E-state index contributed by atoms with van der Waals surface area (Å²) in [6, 6.07) is 0. The number of allylic oxidation sites excluding steroid dienone is 10. The van der Waals surface area contributed by atoms with Crippen LogP contribution >= 0.6 is 7.82 Å². The number of esters is 1. The summed E-state index contributed by atoms with van der Waals surface area (Å²) in [5.41, 5.74) is 0. The molecule has 0 aromatic rings. The van der Waals surface area contributed by atoms with E-state index < -0.39 is 13.9 Å². The van der Waals surface area contributed by atoms with Crippen LogP contribution < -0.4 is 0 Å². The maximum absolute atomic E-state index is 12.7. The first-order valence-electron chi connectivity index (χ1n) is 24.5. The second-order valence-electron chi connectivity index (χ2n) is 17.5. The van der Waals surface area contributed by atoms with Crippen molar-refractivity contribution in [1.82, 2.24) is 0 Å². The van der Waals surface area contributed by atoms with Gasteiger partial charge in [0.2, 0.25) is 0 Å². The second-order valence-corrected chi connectivity index (χ2v) is 18.9. The Kier molecular flexibility index (Phi) is 42.5. The molecule has 0 aromatic carbocycles. The first kappa shape index (κ1) is 58.2. The summed E-state index contributed by atoms with van der Waals surface area (Å²) in [5.74, 6) is -0.321. The van der Waals surface area contributed by atoms with Crippen molar-refractivity contribution in [3.63, 3.8) is 0 Å². The maximum atomic E-state index is 12.7. The maximum Gasteiger partial charge on any atom is 0.472 e. The van der Waals surface area contributed by atoms with E-state index in [1.165, 1.54) is 122 Å². The third kappa shape index (κ3) is 47.3. The summed E-state index contributed by atoms with van der Waals surface area (Å²) in [5, 5.41) is 0. The van der Waals surface area contributed by atoms with E-state index in [0.29, 0.717) is 24.1 Å². The highest BCUT2D eigenvalue weighted by Gasteiger charge is 2.26. The van der Waals surface area contributed by atoms with E-state index in [2.05, 4.69) is 74.6 Å². The van der Waals surface area contributed by atoms with Crippen molar-refractivity contribution in [2.24, 2.45) is 0 Å². The molecule has 1 N–H and O–H groups in total. The number of carbonyl (C=O) groups excluding carboxylic acids is 1. The van der Waals surface area contributed by atoms with Crippen LogP contribution in [-0.2, 0) is 27.9 Å². The number of hydrogen-bond acceptors (Lipinski definition) is 6. The zero-order valence-corrected chi connectivity index (χ0v) is 40.6. The van der Waals surface area contributed by atoms with Gasteiger partial charge in [-0.2, -0.15) is 0 Å². The number of carbonyl (C=O) groups is 1. The van der Waals surface area contributed by atoms with Crippen molar-refractivity contribution in [3.05, 3.63) is 60.8 Å². The SMILES string of the molecule is CC/C=C\C/C=C\C/C=C\C/C=C\CCCCCCCCCCCCC(=O)OC(COCCCCCCCC/C=C\CCCCCCC)COP(=O)(O)OCC[N+](C)(C)C. The lowest BCUT2D eigenvalue weighted by atomic mass is 10.0. The van der Waals surface area contributed by atoms with Gasteiger partial charge in [-0.05, 0) is 77.0 Å². The summed E-state index contributed by atoms with van der Waals surface area (Å²) < 4.78 is 35.1. The van der Waals surface area contributed by atoms with Gasteiger partial charge in [-0.1, -0.05) is 177 Å². The van der Waals surface area contributed by atoms with Crippen LogP contribution in [0, 0.1) is 0 Å². The lowest BCUT2D eigenvalue weighted by Gasteiger charge is -2.24. The topological polar surface area (TPSA) is 91.3 Å². The zero-order valence-electron chi connectivity index (χ0n) is 39.7. The Morgan fingerprint density at radius 1 is 0.533 bits per heavy atom. The Morgan fingerprint density at radius 2 is 0.967 bits per heavy atom. The highest BCUT2D eigenvalue weighted by molar-refractivity contribution is 7.47. The van der Waals surface area contributed by atoms with E-state index in [1.54, 1.807) is 0 Å². The molecule has 0 saturated carbocycles. The number of quaternary nitrogens is 1. The summed E-state index contributed by atoms with van der Waals surface area (Å²) in [6.45, 7) is 5.49. The van der Waals surface area contributed by atoms with E-state index in [0.717, 1.165) is 57.8 Å². The molecule has 0 spiro atoms. The van der Waals surface area contributed by atoms with Gasteiger partial charge in [-0.3, -0.25) is 13.8 Å². The Morgan fingerprint density at radius 3 is 1.47 bits per heavy atom. The number of ether oxygens (including phenoxy) is 2. The molecule has 0 aromatic heterocycles. The minimum absolute atomic E-state index is 0.0847. The number of rotatable bonds is 45. The standard InChI is InChI=1S/C51H94NO7P/c1-6-8-10-12-14-16-18-20-22-23-24-25-26-27-28-29-30-32-34-36-38-40-42-44-51(53)59-50(49-58-60(54,55)57-47-45-52(3,4)5)48-56-46-43-41-39-37-35-33-31-21-19-17-15-13-11-9-7-2/h8,10,14,16,19-22,24-25,50H,6-7,9,11-13,15,17-18,23,26-49H2,1-5H3/p+1/b10-8-,16-14-,21-19-,22-20-,25-24-. The fraction of sp³-hybridized carbons (Fsp3) is 0.784. The average molecular weight is 865 g/mol. The molecule has 0 aliphatic rings. The van der Waals surface area contributed by atoms with Crippen LogP contribution in [0.1, 0.15) is 200 Å². The van der Waals surface area contributed by atoms with Gasteiger partial charge in [-0.25, -0.2) is 4.57 Å². The third-order valence-corrected chi connectivity index (χ3v) is 11.3. The number of phosphoric acid groups is 1. The van der Waals surface area contributed by atoms with Gasteiger partial charge in [0.25, 0.3) is 0 Å². The quantitative estimate of drug-likeness (QED) is 0.0214. The molecule has 0 aliphatic carbocycles. The van der Waals surface area contributed by atoms with Crippen LogP contribution in [0.2, 0.25) is 0 Å². The van der Waals surface area contributed by atoms with Crippen LogP contribution in [-0.4, -0.2) is 75.6 Å². The molecule has 0 rings (SSSR count). The average Bonchev–Trinajstić information content (AvgIpc) is 3.20. The van der Waals surface area contributed by atoms with E-state index in [-0.39, 0.29) is 25.8 Å². The molecule has 9 heteroatoms. The third-order valence-electron chi connectivity index (χ3n) is 10.3. The molecule has 350 valence electrons. The monoisotopic (exact) mass is 865 g/mol. The van der Waals surface area contributed by atoms with E-state index in [1.807, 2.05) is 21.1 Å². The summed E-state index contributed by atoms with van der Waals surface area (Å²) in [4.78, 5) is 23.0. The minimum atomic E-state index is -4.28. The number of likely N-dealkylation sites (N-methyl/N-ethyl adjacent to an activating group) is 1. The molecule has 60 heavy (non-hydrogen) atoms. The van der Waals surface area contributed by atoms with Gasteiger partial charge in [0.15, 0.2) is 0 Å². The van der Waals surface area contributed by atoms with Crippen LogP contribution in [0.3, 0.4) is 0 Å². The number of hydrogen-bond donors (Lipinski definition) is 1. The molecule has 0 amide bonds. The molecular formula is C51H95NO7P+. The van der Waals surface area contributed by atoms with Crippen molar-refractivity contribution in [2.75, 3.05) is 54.1 Å². The Balaban J connectivity index is 4.16. The zero-order chi connectivity index (χ0) is 44.1. The van der Waals surface area contributed by atoms with Crippen LogP contribution in [0.5, 0.6) is 0 Å². The Hall–Kier alpha value is -1.80. The Labute approximate surface area is 370 Å². The Bertz CT molecular complexity index is 1140. The molecule has 0 bridgehead atoms. The summed E-state index contributed by atoms with van der Waals surface area (Å²) in [6.07, 6.45) is 55.4. The summed E-state index contributed by atoms with van der Waals surface area (Å²) in [7, 11) is 1.66. The molecule has 2 unspecified atom stereocenters. The molecule has 0 heterocycles. The van der Waals surface area contributed by atoms with Crippen molar-refractivity contribution in [2.45, 2.75) is 206 Å². The number of phosphoric ester groups is 1. The lowest BCUT2D eigenvalue weighted by Crippen LogP contribution is -2.37. The van der Waals surface area contributed by atoms with Crippen LogP contribution in [0.15, 0.2) is 60.8 Å². The minimum Gasteiger partial charge on any atom is -0.457 e. The predicted molar refractivity (Wildman–Crippen MR) is 256 cm³/mol. The fourth-order valence-corrected chi connectivity index (χ4v) is 7.28. The van der Waals surface area contributed by atoms with Gasteiger partial charge in [0, 0.05) is 13.0 Å². The van der Waals surface area contributed by atoms with Gasteiger partial charge in [-0.15, -0.1) is 0 Å². The van der Waals surface area contributed by atoms with Gasteiger partial charge >= 0.3 is 13.8 Å². The molecule has 2 atom stereocenters. The van der Waals surface area contributed by atoms with Crippen molar-refractivity contribution >= 4 is 13.8 Å². The van der Waals surface area contributed by atoms with Gasteiger partial charge < -0.3 is 18.9 Å². The largest absolute Gasteiger partial charge is 0.472 e. The van der Waals surface area contributed by atoms with E-state index in [9.17, 15) is 14.3 Å². The molecule has 0 fully saturated rings. The normalized spacial score (nSPS) is 14.2. The first-order chi connectivity index (χ1) is 29.1. The second kappa shape index (κ2) is 43.8. The summed E-state index contributed by atoms with van der Waals surface area (Å²) >= 11 is 0. The molecule has 0 radical (unpaired) electrons. The van der Waals surface area contributed by atoms with E-state index >= 15 is 0 Å². The highest BCUT2D eigenvalue weighted by Crippen LogP contribution is 2.43. The fourth-order valence-electron chi connectivity index (χ4n) is 6.54. The van der Waals surface area contributed by atoms with E-state index in [4.69, 9.17) is 18.5 Å². The van der Waals surface area contributed by atoms with Crippen molar-refractivity contribution in [3.8, 4) is 0 Å². The van der Waals surface area contributed by atoms with Crippen molar-refractivity contribution < 1.29 is 37.3 Å². The number of nitrogens with zero attached hydrogens (tertiary/aromatic N) is 1. The molecule has 0 saturated heterocycles. The predicted octanol–water partition coefficient (Wildman–Crippen LogP) is 14.9. The molecular weight excluding hydrogens is 770 g/mol. The van der Waals surface area contributed by atoms with Crippen LogP contribution in [0.25, 0.3) is 0 Å². The van der Waals surface area contributed by atoms with Crippen LogP contribution in [0.4, 0.5) is 0 Å². The molecule has 0 aliphatic heterocycles. The van der Waals surface area contributed by atoms with Gasteiger partial charge in [0.05, 0.1) is 34.4 Å². The smallest absolute Gasteiger partial charge is 0.457 e. The van der Waals surface area contributed by atoms with Gasteiger partial charge in [0.1, 0.15) is 19.3 Å².